The molecule has 86 valence electrons. The van der Waals surface area contributed by atoms with E-state index in [4.69, 9.17) is 10.5 Å². The van der Waals surface area contributed by atoms with E-state index in [0.29, 0.717) is 12.0 Å². The number of nitrogens with two attached hydrogens (primary N) is 1. The third kappa shape index (κ3) is 1.40. The van der Waals surface area contributed by atoms with Gasteiger partial charge in [0.05, 0.1) is 6.61 Å². The molecule has 0 bridgehead atoms. The van der Waals surface area contributed by atoms with Gasteiger partial charge < -0.3 is 10.5 Å². The predicted molar refractivity (Wildman–Crippen MR) is 64.2 cm³/mol. The molecule has 0 saturated heterocycles. The van der Waals surface area contributed by atoms with Gasteiger partial charge in [-0.05, 0) is 36.8 Å². The van der Waals surface area contributed by atoms with Gasteiger partial charge in [-0.3, -0.25) is 0 Å². The molecule has 3 rings (SSSR count). The molecule has 0 atom stereocenters. The van der Waals surface area contributed by atoms with Crippen LogP contribution in [-0.4, -0.2) is 12.6 Å². The van der Waals surface area contributed by atoms with E-state index < -0.39 is 0 Å². The third-order valence-corrected chi connectivity index (χ3v) is 4.28. The zero-order valence-corrected chi connectivity index (χ0v) is 9.83. The summed E-state index contributed by atoms with van der Waals surface area (Å²) in [5.41, 5.74) is 9.52. The van der Waals surface area contributed by atoms with E-state index in [1.165, 1.54) is 36.8 Å². The number of rotatable bonds is 4. The van der Waals surface area contributed by atoms with Crippen LogP contribution >= 0.6 is 0 Å². The molecule has 2 heteroatoms. The normalized spacial score (nSPS) is 24.1. The van der Waals surface area contributed by atoms with Gasteiger partial charge in [0, 0.05) is 18.1 Å². The van der Waals surface area contributed by atoms with Gasteiger partial charge in [0.15, 0.2) is 0 Å². The highest BCUT2D eigenvalue weighted by Gasteiger charge is 2.63. The van der Waals surface area contributed by atoms with Gasteiger partial charge in [-0.1, -0.05) is 24.3 Å². The van der Waals surface area contributed by atoms with Gasteiger partial charge >= 0.3 is 0 Å². The summed E-state index contributed by atoms with van der Waals surface area (Å²) < 4.78 is 5.19. The molecule has 0 aliphatic heterocycles. The number of benzene rings is 1. The molecule has 0 unspecified atom stereocenters. The molecule has 2 saturated carbocycles. The van der Waals surface area contributed by atoms with Crippen LogP contribution < -0.4 is 5.73 Å². The van der Waals surface area contributed by atoms with E-state index in [1.54, 1.807) is 7.11 Å². The Kier molecular flexibility index (Phi) is 2.13. The van der Waals surface area contributed by atoms with Crippen molar-refractivity contribution in [2.45, 2.75) is 43.2 Å². The number of hydrogen-bond acceptors (Lipinski definition) is 2. The summed E-state index contributed by atoms with van der Waals surface area (Å²) in [6.07, 6.45) is 4.92. The Labute approximate surface area is 96.8 Å². The van der Waals surface area contributed by atoms with E-state index in [-0.39, 0.29) is 5.54 Å². The summed E-state index contributed by atoms with van der Waals surface area (Å²) in [5, 5.41) is 0. The van der Waals surface area contributed by atoms with Crippen molar-refractivity contribution in [3.8, 4) is 0 Å². The summed E-state index contributed by atoms with van der Waals surface area (Å²) in [7, 11) is 1.74. The smallest absolute Gasteiger partial charge is 0.0713 e. The maximum absolute atomic E-state index is 6.41. The van der Waals surface area contributed by atoms with Crippen LogP contribution in [0.3, 0.4) is 0 Å². The first kappa shape index (κ1) is 10.3. The summed E-state index contributed by atoms with van der Waals surface area (Å²) >= 11 is 0. The Bertz CT molecular complexity index is 405. The zero-order valence-electron chi connectivity index (χ0n) is 9.83. The fourth-order valence-electron chi connectivity index (χ4n) is 2.94. The summed E-state index contributed by atoms with van der Waals surface area (Å²) in [6, 6.07) is 8.77. The summed E-state index contributed by atoms with van der Waals surface area (Å²) in [6.45, 7) is 0.696. The van der Waals surface area contributed by atoms with Crippen molar-refractivity contribution in [1.82, 2.24) is 0 Å². The molecule has 0 aromatic heterocycles. The van der Waals surface area contributed by atoms with Crippen LogP contribution in [0.5, 0.6) is 0 Å². The van der Waals surface area contributed by atoms with Crippen LogP contribution in [0.1, 0.15) is 36.8 Å². The van der Waals surface area contributed by atoms with Crippen molar-refractivity contribution in [2.24, 2.45) is 5.73 Å². The van der Waals surface area contributed by atoms with Crippen LogP contribution in [-0.2, 0) is 16.8 Å². The Morgan fingerprint density at radius 2 is 2.00 bits per heavy atom. The van der Waals surface area contributed by atoms with E-state index >= 15 is 0 Å². The molecule has 0 heterocycles. The first-order valence-corrected chi connectivity index (χ1v) is 6.07. The molecule has 2 N–H and O–H groups in total. The Morgan fingerprint density at radius 3 is 2.56 bits per heavy atom. The fourth-order valence-corrected chi connectivity index (χ4v) is 2.94. The second kappa shape index (κ2) is 3.31. The van der Waals surface area contributed by atoms with Crippen LogP contribution in [0.4, 0.5) is 0 Å². The van der Waals surface area contributed by atoms with E-state index in [9.17, 15) is 0 Å². The number of methoxy groups -OCH3 is 1. The van der Waals surface area contributed by atoms with Crippen LogP contribution in [0, 0.1) is 0 Å². The van der Waals surface area contributed by atoms with Gasteiger partial charge in [0.2, 0.25) is 0 Å². The lowest BCUT2D eigenvalue weighted by Gasteiger charge is -2.23. The van der Waals surface area contributed by atoms with Gasteiger partial charge in [-0.2, -0.15) is 0 Å². The minimum atomic E-state index is 0.110. The average Bonchev–Trinajstić information content (AvgIpc) is 3.14. The monoisotopic (exact) mass is 217 g/mol. The lowest BCUT2D eigenvalue weighted by Crippen LogP contribution is -2.37. The minimum Gasteiger partial charge on any atom is -0.380 e. The van der Waals surface area contributed by atoms with E-state index in [1.807, 2.05) is 0 Å². The summed E-state index contributed by atoms with van der Waals surface area (Å²) in [4.78, 5) is 0. The SMILES string of the molecule is COCc1cccc(C2(C3(N)CC3)CC2)c1. The standard InChI is InChI=1S/C14H19NO/c1-16-10-11-3-2-4-12(9-11)13(5-6-13)14(15)7-8-14/h2-4,9H,5-8,10,15H2,1H3. The van der Waals surface area contributed by atoms with Crippen molar-refractivity contribution < 1.29 is 4.74 Å². The highest BCUT2D eigenvalue weighted by molar-refractivity contribution is 5.42. The molecule has 0 radical (unpaired) electrons. The number of ether oxygens (including phenoxy) is 1. The van der Waals surface area contributed by atoms with Crippen molar-refractivity contribution in [3.05, 3.63) is 35.4 Å². The van der Waals surface area contributed by atoms with Gasteiger partial charge in [0.25, 0.3) is 0 Å². The van der Waals surface area contributed by atoms with Crippen LogP contribution in [0.15, 0.2) is 24.3 Å². The Balaban J connectivity index is 1.92. The first-order chi connectivity index (χ1) is 7.70. The molecule has 0 spiro atoms. The van der Waals surface area contributed by atoms with Gasteiger partial charge in [0.1, 0.15) is 0 Å². The zero-order chi connectivity index (χ0) is 11.2. The molecular weight excluding hydrogens is 198 g/mol. The molecule has 1 aromatic carbocycles. The second-order valence-corrected chi connectivity index (χ2v) is 5.37. The maximum atomic E-state index is 6.41. The molecule has 2 fully saturated rings. The highest BCUT2D eigenvalue weighted by atomic mass is 16.5. The van der Waals surface area contributed by atoms with Gasteiger partial charge in [-0.25, -0.2) is 0 Å². The van der Waals surface area contributed by atoms with Crippen LogP contribution in [0.25, 0.3) is 0 Å². The number of hydrogen-bond donors (Lipinski definition) is 1. The Morgan fingerprint density at radius 1 is 1.25 bits per heavy atom. The molecule has 2 nitrogen and oxygen atoms in total. The van der Waals surface area contributed by atoms with Crippen molar-refractivity contribution >= 4 is 0 Å². The van der Waals surface area contributed by atoms with Gasteiger partial charge in [-0.15, -0.1) is 0 Å². The molecule has 0 amide bonds. The fraction of sp³-hybridized carbons (Fsp3) is 0.571. The highest BCUT2D eigenvalue weighted by Crippen LogP contribution is 2.63. The van der Waals surface area contributed by atoms with Crippen molar-refractivity contribution in [1.29, 1.82) is 0 Å². The average molecular weight is 217 g/mol. The van der Waals surface area contributed by atoms with Crippen molar-refractivity contribution in [2.75, 3.05) is 7.11 Å². The topological polar surface area (TPSA) is 35.2 Å². The Hall–Kier alpha value is -0.860. The molecule has 2 aliphatic rings. The van der Waals surface area contributed by atoms with E-state index in [2.05, 4.69) is 24.3 Å². The summed E-state index contributed by atoms with van der Waals surface area (Å²) in [5.74, 6) is 0. The minimum absolute atomic E-state index is 0.110. The lowest BCUT2D eigenvalue weighted by atomic mass is 9.85. The quantitative estimate of drug-likeness (QED) is 0.840. The molecule has 2 aliphatic carbocycles. The largest absolute Gasteiger partial charge is 0.380 e. The van der Waals surface area contributed by atoms with Crippen LogP contribution in [0.2, 0.25) is 0 Å². The molecule has 16 heavy (non-hydrogen) atoms. The molecular formula is C14H19NO. The molecule has 1 aromatic rings. The maximum Gasteiger partial charge on any atom is 0.0713 e. The second-order valence-electron chi connectivity index (χ2n) is 5.37. The third-order valence-electron chi connectivity index (χ3n) is 4.28. The predicted octanol–water partition coefficient (Wildman–Crippen LogP) is 2.36. The van der Waals surface area contributed by atoms with Crippen molar-refractivity contribution in [3.63, 3.8) is 0 Å². The lowest BCUT2D eigenvalue weighted by molar-refractivity contribution is 0.185. The van der Waals surface area contributed by atoms with E-state index in [0.717, 1.165) is 0 Å². The first-order valence-electron chi connectivity index (χ1n) is 6.07.